The van der Waals surface area contributed by atoms with Crippen LogP contribution in [0.1, 0.15) is 27.8 Å². The molecule has 0 aliphatic carbocycles. The molecule has 0 radical (unpaired) electrons. The van der Waals surface area contributed by atoms with Crippen LogP contribution in [0.2, 0.25) is 0 Å². The lowest BCUT2D eigenvalue weighted by Gasteiger charge is -2.13. The van der Waals surface area contributed by atoms with Crippen molar-refractivity contribution in [2.45, 2.75) is 33.1 Å². The second-order valence-corrected chi connectivity index (χ2v) is 8.97. The number of aryl methyl sites for hydroxylation is 3. The summed E-state index contributed by atoms with van der Waals surface area (Å²) in [4.78, 5) is 0. The number of rotatable bonds is 2. The SMILES string of the molecule is Cc1cc(-c2ccccc2C(F)(F)F)cc(F)c1F.Cc1cc(C)c(F)c(F)c1.OB(O)c1ccccc1C(F)(F)F. The Kier molecular flexibility index (Phi) is 11.4. The van der Waals surface area contributed by atoms with Crippen LogP contribution in [0.5, 0.6) is 0 Å². The molecule has 0 fully saturated rings. The van der Waals surface area contributed by atoms with Gasteiger partial charge in [0, 0.05) is 0 Å². The molecular weight excluding hydrogens is 581 g/mol. The van der Waals surface area contributed by atoms with E-state index in [1.165, 1.54) is 49.4 Å². The first-order valence-electron chi connectivity index (χ1n) is 11.9. The van der Waals surface area contributed by atoms with Gasteiger partial charge in [-0.1, -0.05) is 48.5 Å². The van der Waals surface area contributed by atoms with Crippen molar-refractivity contribution in [1.82, 2.24) is 0 Å². The normalized spacial score (nSPS) is 11.2. The second kappa shape index (κ2) is 13.9. The molecular formula is C29H23BF10O2. The summed E-state index contributed by atoms with van der Waals surface area (Å²) < 4.78 is 127. The molecule has 2 N–H and O–H groups in total. The summed E-state index contributed by atoms with van der Waals surface area (Å²) in [5, 5.41) is 17.2. The largest absolute Gasteiger partial charge is 0.489 e. The molecule has 0 aromatic heterocycles. The van der Waals surface area contributed by atoms with Crippen molar-refractivity contribution in [3.05, 3.63) is 124 Å². The minimum atomic E-state index is -4.56. The predicted octanol–water partition coefficient (Wildman–Crippen LogP) is 7.93. The average Bonchev–Trinajstić information content (AvgIpc) is 2.90. The molecule has 0 aliphatic heterocycles. The number of hydrogen-bond acceptors (Lipinski definition) is 2. The summed E-state index contributed by atoms with van der Waals surface area (Å²) >= 11 is 0. The lowest BCUT2D eigenvalue weighted by atomic mass is 9.77. The molecule has 0 saturated carbocycles. The van der Waals surface area contributed by atoms with E-state index in [1.54, 1.807) is 19.9 Å². The minimum absolute atomic E-state index is 0.00400. The summed E-state index contributed by atoms with van der Waals surface area (Å²) in [5.41, 5.74) is -1.53. The molecule has 13 heteroatoms. The van der Waals surface area contributed by atoms with Crippen molar-refractivity contribution in [3.8, 4) is 11.1 Å². The lowest BCUT2D eigenvalue weighted by molar-refractivity contribution is -0.137. The van der Waals surface area contributed by atoms with E-state index in [4.69, 9.17) is 10.0 Å². The van der Waals surface area contributed by atoms with Gasteiger partial charge in [-0.3, -0.25) is 0 Å². The monoisotopic (exact) mass is 604 g/mol. The fraction of sp³-hybridized carbons (Fsp3) is 0.172. The van der Waals surface area contributed by atoms with Gasteiger partial charge in [0.2, 0.25) is 0 Å². The van der Waals surface area contributed by atoms with E-state index in [2.05, 4.69) is 0 Å². The molecule has 0 atom stereocenters. The number of benzene rings is 4. The third kappa shape index (κ3) is 9.08. The Morgan fingerprint density at radius 2 is 1.02 bits per heavy atom. The van der Waals surface area contributed by atoms with E-state index >= 15 is 0 Å². The zero-order valence-electron chi connectivity index (χ0n) is 22.2. The van der Waals surface area contributed by atoms with Gasteiger partial charge < -0.3 is 10.0 Å². The maximum absolute atomic E-state index is 13.3. The Morgan fingerprint density at radius 1 is 0.571 bits per heavy atom. The van der Waals surface area contributed by atoms with Gasteiger partial charge in [0.15, 0.2) is 23.3 Å². The van der Waals surface area contributed by atoms with E-state index < -0.39 is 59.3 Å². The highest BCUT2D eigenvalue weighted by Gasteiger charge is 2.35. The minimum Gasteiger partial charge on any atom is -0.423 e. The maximum Gasteiger partial charge on any atom is 0.489 e. The van der Waals surface area contributed by atoms with Gasteiger partial charge in [-0.25, -0.2) is 17.6 Å². The van der Waals surface area contributed by atoms with Crippen LogP contribution < -0.4 is 5.46 Å². The first-order valence-corrected chi connectivity index (χ1v) is 11.9. The van der Waals surface area contributed by atoms with Crippen LogP contribution in [0.3, 0.4) is 0 Å². The number of halogens is 10. The molecule has 0 unspecified atom stereocenters. The van der Waals surface area contributed by atoms with Crippen molar-refractivity contribution < 1.29 is 54.0 Å². The molecule has 0 saturated heterocycles. The van der Waals surface area contributed by atoms with Crippen LogP contribution in [-0.2, 0) is 12.4 Å². The van der Waals surface area contributed by atoms with E-state index in [1.807, 2.05) is 0 Å². The van der Waals surface area contributed by atoms with Crippen LogP contribution in [0.25, 0.3) is 11.1 Å². The van der Waals surface area contributed by atoms with Crippen LogP contribution >= 0.6 is 0 Å². The van der Waals surface area contributed by atoms with Gasteiger partial charge in [-0.05, 0) is 78.3 Å². The zero-order valence-corrected chi connectivity index (χ0v) is 22.2. The molecule has 2 nitrogen and oxygen atoms in total. The van der Waals surface area contributed by atoms with E-state index in [0.29, 0.717) is 5.56 Å². The standard InChI is InChI=1S/C14H9F5.C8H8F2.C7H6BF3O2/c1-8-6-9(7-12(15)13(8)16)10-4-2-3-5-11(10)14(17,18)19;1-5-3-6(2)8(10)7(9)4-5;9-7(10,11)5-3-1-2-4-6(5)8(12)13/h2-7H,1H3;3-4H,1-2H3;1-4,12-13H. The lowest BCUT2D eigenvalue weighted by Crippen LogP contribution is -2.35. The molecule has 0 heterocycles. The van der Waals surface area contributed by atoms with Crippen molar-refractivity contribution in [2.75, 3.05) is 0 Å². The van der Waals surface area contributed by atoms with Crippen molar-refractivity contribution in [1.29, 1.82) is 0 Å². The highest BCUT2D eigenvalue weighted by molar-refractivity contribution is 6.59. The van der Waals surface area contributed by atoms with Gasteiger partial charge >= 0.3 is 19.5 Å². The molecule has 42 heavy (non-hydrogen) atoms. The number of alkyl halides is 6. The van der Waals surface area contributed by atoms with Gasteiger partial charge in [0.1, 0.15) is 0 Å². The molecule has 0 amide bonds. The summed E-state index contributed by atoms with van der Waals surface area (Å²) in [6.07, 6.45) is -9.10. The zero-order chi connectivity index (χ0) is 32.0. The number of hydrogen-bond donors (Lipinski definition) is 2. The molecule has 224 valence electrons. The topological polar surface area (TPSA) is 40.5 Å². The first-order chi connectivity index (χ1) is 19.3. The highest BCUT2D eigenvalue weighted by Crippen LogP contribution is 2.37. The quantitative estimate of drug-likeness (QED) is 0.180. The fourth-order valence-electron chi connectivity index (χ4n) is 3.74. The molecule has 4 aromatic rings. The van der Waals surface area contributed by atoms with E-state index in [-0.39, 0.29) is 16.7 Å². The van der Waals surface area contributed by atoms with Crippen LogP contribution in [0, 0.1) is 44.0 Å². The molecule has 0 spiro atoms. The van der Waals surface area contributed by atoms with Crippen molar-refractivity contribution >= 4 is 12.6 Å². The Balaban J connectivity index is 0.000000234. The second-order valence-electron chi connectivity index (χ2n) is 8.97. The third-order valence-corrected chi connectivity index (χ3v) is 5.65. The first kappa shape index (κ1) is 34.4. The third-order valence-electron chi connectivity index (χ3n) is 5.65. The van der Waals surface area contributed by atoms with E-state index in [0.717, 1.165) is 29.8 Å². The molecule has 4 rings (SSSR count). The summed E-state index contributed by atoms with van der Waals surface area (Å²) in [6.45, 7) is 4.58. The van der Waals surface area contributed by atoms with Crippen LogP contribution in [0.4, 0.5) is 43.9 Å². The van der Waals surface area contributed by atoms with Gasteiger partial charge in [-0.15, -0.1) is 0 Å². The van der Waals surface area contributed by atoms with Gasteiger partial charge in [0.25, 0.3) is 0 Å². The fourth-order valence-corrected chi connectivity index (χ4v) is 3.74. The highest BCUT2D eigenvalue weighted by atomic mass is 19.4. The smallest absolute Gasteiger partial charge is 0.423 e. The molecule has 0 aliphatic rings. The van der Waals surface area contributed by atoms with Crippen LogP contribution in [-0.4, -0.2) is 17.2 Å². The molecule has 4 aromatic carbocycles. The summed E-state index contributed by atoms with van der Waals surface area (Å²) in [7, 11) is -2.10. The predicted molar refractivity (Wildman–Crippen MR) is 139 cm³/mol. The maximum atomic E-state index is 13.3. The van der Waals surface area contributed by atoms with Gasteiger partial charge in [0.05, 0.1) is 11.1 Å². The van der Waals surface area contributed by atoms with E-state index in [9.17, 15) is 43.9 Å². The Labute approximate surface area is 235 Å². The van der Waals surface area contributed by atoms with Gasteiger partial charge in [-0.2, -0.15) is 26.3 Å². The Bertz CT molecular complexity index is 1470. The van der Waals surface area contributed by atoms with Crippen LogP contribution in [0.15, 0.2) is 72.8 Å². The Morgan fingerprint density at radius 3 is 1.48 bits per heavy atom. The summed E-state index contributed by atoms with van der Waals surface area (Å²) in [6, 6.07) is 13.9. The Hall–Kier alpha value is -3.84. The summed E-state index contributed by atoms with van der Waals surface area (Å²) in [5.74, 6) is -3.72. The average molecular weight is 604 g/mol. The van der Waals surface area contributed by atoms with Crippen molar-refractivity contribution in [3.63, 3.8) is 0 Å². The molecule has 0 bridgehead atoms. The van der Waals surface area contributed by atoms with Crippen molar-refractivity contribution in [2.24, 2.45) is 0 Å².